The van der Waals surface area contributed by atoms with Crippen molar-refractivity contribution in [1.82, 2.24) is 4.98 Å². The molecule has 0 saturated heterocycles. The average Bonchev–Trinajstić information content (AvgIpc) is 2.61. The van der Waals surface area contributed by atoms with Crippen LogP contribution >= 0.6 is 0 Å². The molecule has 0 aliphatic heterocycles. The van der Waals surface area contributed by atoms with Gasteiger partial charge in [0.25, 0.3) is 0 Å². The lowest BCUT2D eigenvalue weighted by Crippen LogP contribution is -2.00. The van der Waals surface area contributed by atoms with Crippen LogP contribution in [0.3, 0.4) is 0 Å². The van der Waals surface area contributed by atoms with Crippen LogP contribution in [0.2, 0.25) is 0 Å². The Bertz CT molecular complexity index is 964. The van der Waals surface area contributed by atoms with Crippen molar-refractivity contribution in [3.63, 3.8) is 0 Å². The fraction of sp³-hybridized carbons (Fsp3) is 0.182. The van der Waals surface area contributed by atoms with E-state index in [9.17, 15) is 5.26 Å². The Labute approximate surface area is 148 Å². The molecular weight excluding hydrogens is 306 g/mol. The number of hydrogen-bond donors (Lipinski definition) is 1. The van der Waals surface area contributed by atoms with Crippen molar-refractivity contribution < 1.29 is 0 Å². The van der Waals surface area contributed by atoms with Crippen molar-refractivity contribution >= 4 is 5.82 Å². The summed E-state index contributed by atoms with van der Waals surface area (Å²) < 4.78 is 0. The first kappa shape index (κ1) is 16.7. The third-order valence-electron chi connectivity index (χ3n) is 4.49. The summed E-state index contributed by atoms with van der Waals surface area (Å²) >= 11 is 0. The topological polar surface area (TPSA) is 62.7 Å². The minimum atomic E-state index is 0.273. The number of nitriles is 1. The highest BCUT2D eigenvalue weighted by Gasteiger charge is 2.14. The zero-order chi connectivity index (χ0) is 18.0. The minimum absolute atomic E-state index is 0.273. The predicted molar refractivity (Wildman–Crippen MR) is 103 cm³/mol. The quantitative estimate of drug-likeness (QED) is 0.732. The van der Waals surface area contributed by atoms with E-state index in [4.69, 9.17) is 5.73 Å². The summed E-state index contributed by atoms with van der Waals surface area (Å²) in [4.78, 5) is 4.48. The summed E-state index contributed by atoms with van der Waals surface area (Å²) in [7, 11) is 0. The van der Waals surface area contributed by atoms with Crippen molar-refractivity contribution in [3.05, 3.63) is 70.8 Å². The van der Waals surface area contributed by atoms with E-state index in [2.05, 4.69) is 62.2 Å². The first-order valence-electron chi connectivity index (χ1n) is 8.41. The van der Waals surface area contributed by atoms with Gasteiger partial charge in [-0.15, -0.1) is 0 Å². The molecule has 0 radical (unpaired) electrons. The molecule has 0 unspecified atom stereocenters. The van der Waals surface area contributed by atoms with Gasteiger partial charge >= 0.3 is 0 Å². The Balaban J connectivity index is 2.20. The molecule has 0 amide bonds. The van der Waals surface area contributed by atoms with Crippen LogP contribution in [0.1, 0.15) is 29.2 Å². The fourth-order valence-corrected chi connectivity index (χ4v) is 3.07. The average molecular weight is 327 g/mol. The monoisotopic (exact) mass is 327 g/mol. The second-order valence-corrected chi connectivity index (χ2v) is 6.30. The van der Waals surface area contributed by atoms with Crippen molar-refractivity contribution in [2.24, 2.45) is 0 Å². The van der Waals surface area contributed by atoms with Crippen molar-refractivity contribution in [2.75, 3.05) is 5.73 Å². The lowest BCUT2D eigenvalue weighted by atomic mass is 9.95. The molecule has 0 atom stereocenters. The van der Waals surface area contributed by atoms with E-state index < -0.39 is 0 Å². The summed E-state index contributed by atoms with van der Waals surface area (Å²) in [6.45, 7) is 6.25. The number of nitrogen functional groups attached to an aromatic ring is 1. The van der Waals surface area contributed by atoms with Crippen LogP contribution in [0.15, 0.2) is 48.5 Å². The molecule has 2 aromatic carbocycles. The molecular formula is C22H21N3. The predicted octanol–water partition coefficient (Wildman–Crippen LogP) is 5.05. The van der Waals surface area contributed by atoms with Crippen LogP contribution in [0, 0.1) is 25.2 Å². The lowest BCUT2D eigenvalue weighted by molar-refractivity contribution is 1.14. The molecule has 3 rings (SSSR count). The Morgan fingerprint density at radius 2 is 1.72 bits per heavy atom. The van der Waals surface area contributed by atoms with Gasteiger partial charge < -0.3 is 5.73 Å². The van der Waals surface area contributed by atoms with E-state index in [1.54, 1.807) is 0 Å². The summed E-state index contributed by atoms with van der Waals surface area (Å²) in [6, 6.07) is 18.7. The number of aryl methyl sites for hydroxylation is 3. The molecule has 3 nitrogen and oxygen atoms in total. The molecule has 3 aromatic rings. The number of hydrogen-bond acceptors (Lipinski definition) is 3. The maximum atomic E-state index is 9.54. The van der Waals surface area contributed by atoms with Crippen LogP contribution in [-0.2, 0) is 6.42 Å². The second kappa shape index (κ2) is 6.78. The highest BCUT2D eigenvalue weighted by Crippen LogP contribution is 2.32. The number of anilines is 1. The molecule has 2 N–H and O–H groups in total. The Morgan fingerprint density at radius 1 is 1.00 bits per heavy atom. The molecule has 0 fully saturated rings. The lowest BCUT2D eigenvalue weighted by Gasteiger charge is -2.12. The second-order valence-electron chi connectivity index (χ2n) is 6.30. The summed E-state index contributed by atoms with van der Waals surface area (Å²) in [5.74, 6) is 0.273. The molecule has 3 heteroatoms. The number of aromatic nitrogens is 1. The first-order chi connectivity index (χ1) is 12.0. The van der Waals surface area contributed by atoms with E-state index in [0.29, 0.717) is 5.56 Å². The fourth-order valence-electron chi connectivity index (χ4n) is 3.07. The summed E-state index contributed by atoms with van der Waals surface area (Å²) in [5, 5.41) is 9.54. The van der Waals surface area contributed by atoms with E-state index in [1.165, 1.54) is 11.1 Å². The van der Waals surface area contributed by atoms with E-state index in [0.717, 1.165) is 34.4 Å². The smallest absolute Gasteiger partial charge is 0.142 e. The largest absolute Gasteiger partial charge is 0.383 e. The molecule has 0 saturated carbocycles. The van der Waals surface area contributed by atoms with E-state index in [-0.39, 0.29) is 5.82 Å². The van der Waals surface area contributed by atoms with Crippen LogP contribution in [0.5, 0.6) is 0 Å². The maximum absolute atomic E-state index is 9.54. The van der Waals surface area contributed by atoms with Gasteiger partial charge in [-0.3, -0.25) is 0 Å². The van der Waals surface area contributed by atoms with Crippen molar-refractivity contribution in [1.29, 1.82) is 5.26 Å². The van der Waals surface area contributed by atoms with E-state index in [1.807, 2.05) is 18.2 Å². The van der Waals surface area contributed by atoms with Crippen molar-refractivity contribution in [2.45, 2.75) is 27.2 Å². The zero-order valence-corrected chi connectivity index (χ0v) is 14.8. The van der Waals surface area contributed by atoms with Gasteiger partial charge in [-0.2, -0.15) is 5.26 Å². The number of rotatable bonds is 3. The molecule has 25 heavy (non-hydrogen) atoms. The SMILES string of the molecule is CCc1ccc(-c2cc(-c3ccc(C)cc3C)nc(N)c2C#N)cc1. The summed E-state index contributed by atoms with van der Waals surface area (Å²) in [5.41, 5.74) is 13.8. The van der Waals surface area contributed by atoms with Crippen LogP contribution in [-0.4, -0.2) is 4.98 Å². The molecule has 0 aliphatic carbocycles. The molecule has 0 aliphatic rings. The maximum Gasteiger partial charge on any atom is 0.142 e. The molecule has 0 spiro atoms. The molecule has 124 valence electrons. The number of nitrogens with zero attached hydrogens (tertiary/aromatic N) is 2. The minimum Gasteiger partial charge on any atom is -0.383 e. The summed E-state index contributed by atoms with van der Waals surface area (Å²) in [6.07, 6.45) is 0.984. The first-order valence-corrected chi connectivity index (χ1v) is 8.41. The van der Waals surface area contributed by atoms with Gasteiger partial charge in [-0.25, -0.2) is 4.98 Å². The number of nitrogens with two attached hydrogens (primary N) is 1. The Hall–Kier alpha value is -3.12. The Morgan fingerprint density at radius 3 is 2.32 bits per heavy atom. The van der Waals surface area contributed by atoms with Gasteiger partial charge in [0.1, 0.15) is 17.5 Å². The van der Waals surface area contributed by atoms with E-state index >= 15 is 0 Å². The van der Waals surface area contributed by atoms with Gasteiger partial charge in [-0.05, 0) is 43.0 Å². The van der Waals surface area contributed by atoms with Gasteiger partial charge in [-0.1, -0.05) is 55.0 Å². The normalized spacial score (nSPS) is 10.5. The molecule has 1 aromatic heterocycles. The van der Waals surface area contributed by atoms with Crippen LogP contribution in [0.25, 0.3) is 22.4 Å². The zero-order valence-electron chi connectivity index (χ0n) is 14.8. The number of benzene rings is 2. The highest BCUT2D eigenvalue weighted by atomic mass is 14.8. The van der Waals surface area contributed by atoms with Crippen molar-refractivity contribution in [3.8, 4) is 28.5 Å². The molecule has 0 bridgehead atoms. The van der Waals surface area contributed by atoms with Gasteiger partial charge in [0.2, 0.25) is 0 Å². The number of pyridine rings is 1. The highest BCUT2D eigenvalue weighted by molar-refractivity contribution is 5.80. The van der Waals surface area contributed by atoms with Gasteiger partial charge in [0.05, 0.1) is 5.69 Å². The van der Waals surface area contributed by atoms with Crippen LogP contribution in [0.4, 0.5) is 5.82 Å². The Kier molecular flexibility index (Phi) is 4.54. The third-order valence-corrected chi connectivity index (χ3v) is 4.49. The molecule has 1 heterocycles. The van der Waals surface area contributed by atoms with Crippen LogP contribution < -0.4 is 5.73 Å². The van der Waals surface area contributed by atoms with Gasteiger partial charge in [0, 0.05) is 11.1 Å². The third kappa shape index (κ3) is 3.25. The van der Waals surface area contributed by atoms with Gasteiger partial charge in [0.15, 0.2) is 0 Å². The standard InChI is InChI=1S/C22H21N3/c1-4-16-6-8-17(9-7-16)19-12-21(25-22(24)20(19)13-23)18-10-5-14(2)11-15(18)3/h5-12H,4H2,1-3H3,(H2,24,25).